The van der Waals surface area contributed by atoms with Gasteiger partial charge in [0, 0.05) is 19.0 Å². The molecule has 2 heterocycles. The molecule has 6 heteroatoms. The highest BCUT2D eigenvalue weighted by atomic mass is 16.6. The Hall–Kier alpha value is -2.08. The van der Waals surface area contributed by atoms with Crippen LogP contribution in [0, 0.1) is 11.3 Å². The van der Waals surface area contributed by atoms with Gasteiger partial charge >= 0.3 is 12.1 Å². The Morgan fingerprint density at radius 3 is 2.81 bits per heavy atom. The predicted molar refractivity (Wildman–Crippen MR) is 72.6 cm³/mol. The van der Waals surface area contributed by atoms with Crippen LogP contribution in [0.1, 0.15) is 5.56 Å². The van der Waals surface area contributed by atoms with Crippen LogP contribution in [0.4, 0.5) is 4.79 Å². The average molecular weight is 291 g/mol. The van der Waals surface area contributed by atoms with Crippen molar-refractivity contribution in [2.75, 3.05) is 26.3 Å². The molecule has 0 unspecified atom stereocenters. The van der Waals surface area contributed by atoms with Crippen molar-refractivity contribution in [2.24, 2.45) is 11.3 Å². The van der Waals surface area contributed by atoms with E-state index in [9.17, 15) is 14.7 Å². The number of likely N-dealkylation sites (tertiary alicyclic amines) is 1. The second-order valence-corrected chi connectivity index (χ2v) is 5.59. The fourth-order valence-electron chi connectivity index (χ4n) is 2.99. The number of carboxylic acids is 1. The first kappa shape index (κ1) is 13.9. The molecule has 2 atom stereocenters. The van der Waals surface area contributed by atoms with Crippen LogP contribution in [0.2, 0.25) is 0 Å². The van der Waals surface area contributed by atoms with E-state index in [0.717, 1.165) is 5.56 Å². The highest BCUT2D eigenvalue weighted by Crippen LogP contribution is 2.41. The summed E-state index contributed by atoms with van der Waals surface area (Å²) < 4.78 is 10.5. The van der Waals surface area contributed by atoms with Crippen molar-refractivity contribution in [3.05, 3.63) is 35.9 Å². The number of carbonyl (C=O) groups excluding carboxylic acids is 1. The third-order valence-electron chi connectivity index (χ3n) is 4.26. The molecule has 2 saturated heterocycles. The number of carboxylic acid groups (broad SMARTS) is 1. The summed E-state index contributed by atoms with van der Waals surface area (Å²) >= 11 is 0. The third-order valence-corrected chi connectivity index (χ3v) is 4.26. The van der Waals surface area contributed by atoms with Gasteiger partial charge in [-0.2, -0.15) is 0 Å². The van der Waals surface area contributed by atoms with Gasteiger partial charge in [0.25, 0.3) is 0 Å². The first-order valence-corrected chi connectivity index (χ1v) is 6.88. The molecule has 1 N–H and O–H groups in total. The van der Waals surface area contributed by atoms with Crippen LogP contribution in [0.15, 0.2) is 30.3 Å². The second kappa shape index (κ2) is 5.37. The number of benzene rings is 1. The van der Waals surface area contributed by atoms with Gasteiger partial charge in [0.05, 0.1) is 13.2 Å². The number of carbonyl (C=O) groups is 2. The Labute approximate surface area is 122 Å². The van der Waals surface area contributed by atoms with Crippen molar-refractivity contribution in [2.45, 2.75) is 6.61 Å². The standard InChI is InChI=1S/C15H17NO5/c17-13(18)15-9-16(6-12(15)8-20-10-15)14(19)21-7-11-4-2-1-3-5-11/h1-5,12H,6-10H2,(H,17,18)/t12-,15-/m1/s1. The van der Waals surface area contributed by atoms with E-state index in [1.807, 2.05) is 30.3 Å². The van der Waals surface area contributed by atoms with E-state index in [-0.39, 0.29) is 25.7 Å². The molecule has 1 aromatic carbocycles. The summed E-state index contributed by atoms with van der Waals surface area (Å²) in [6.07, 6.45) is -0.464. The largest absolute Gasteiger partial charge is 0.481 e. The fraction of sp³-hybridized carbons (Fsp3) is 0.467. The summed E-state index contributed by atoms with van der Waals surface area (Å²) in [6, 6.07) is 9.39. The lowest BCUT2D eigenvalue weighted by molar-refractivity contribution is -0.149. The summed E-state index contributed by atoms with van der Waals surface area (Å²) in [5.41, 5.74) is -0.0623. The lowest BCUT2D eigenvalue weighted by Crippen LogP contribution is -2.40. The van der Waals surface area contributed by atoms with Gasteiger partial charge in [-0.15, -0.1) is 0 Å². The van der Waals surface area contributed by atoms with Crippen molar-refractivity contribution in [3.63, 3.8) is 0 Å². The van der Waals surface area contributed by atoms with Crippen molar-refractivity contribution < 1.29 is 24.2 Å². The van der Waals surface area contributed by atoms with E-state index < -0.39 is 17.5 Å². The van der Waals surface area contributed by atoms with Gasteiger partial charge in [-0.05, 0) is 5.56 Å². The van der Waals surface area contributed by atoms with Gasteiger partial charge in [0.15, 0.2) is 0 Å². The minimum absolute atomic E-state index is 0.153. The van der Waals surface area contributed by atoms with Crippen molar-refractivity contribution in [1.82, 2.24) is 4.90 Å². The van der Waals surface area contributed by atoms with Gasteiger partial charge < -0.3 is 19.5 Å². The molecular formula is C15H17NO5. The Bertz CT molecular complexity index is 546. The fourth-order valence-corrected chi connectivity index (χ4v) is 2.99. The topological polar surface area (TPSA) is 76.1 Å². The molecule has 1 amide bonds. The van der Waals surface area contributed by atoms with E-state index in [2.05, 4.69) is 0 Å². The predicted octanol–water partition coefficient (Wildman–Crippen LogP) is 1.36. The van der Waals surface area contributed by atoms with E-state index in [1.165, 1.54) is 4.90 Å². The highest BCUT2D eigenvalue weighted by molar-refractivity contribution is 5.79. The first-order valence-electron chi connectivity index (χ1n) is 6.88. The van der Waals surface area contributed by atoms with Crippen LogP contribution in [0.25, 0.3) is 0 Å². The van der Waals surface area contributed by atoms with Crippen LogP contribution in [-0.2, 0) is 20.9 Å². The molecule has 0 spiro atoms. The smallest absolute Gasteiger partial charge is 0.410 e. The van der Waals surface area contributed by atoms with Gasteiger partial charge in [0.2, 0.25) is 0 Å². The molecule has 21 heavy (non-hydrogen) atoms. The molecule has 1 aromatic rings. The molecule has 6 nitrogen and oxygen atoms in total. The summed E-state index contributed by atoms with van der Waals surface area (Å²) in [4.78, 5) is 25.1. The van der Waals surface area contributed by atoms with Crippen LogP contribution >= 0.6 is 0 Å². The minimum atomic E-state index is -0.967. The number of aliphatic carboxylic acids is 1. The van der Waals surface area contributed by atoms with E-state index >= 15 is 0 Å². The highest BCUT2D eigenvalue weighted by Gasteiger charge is 2.57. The van der Waals surface area contributed by atoms with Crippen molar-refractivity contribution in [1.29, 1.82) is 0 Å². The first-order chi connectivity index (χ1) is 10.1. The van der Waals surface area contributed by atoms with Crippen LogP contribution in [-0.4, -0.2) is 48.4 Å². The number of fused-ring (bicyclic) bond motifs is 1. The lowest BCUT2D eigenvalue weighted by atomic mass is 9.81. The van der Waals surface area contributed by atoms with E-state index in [4.69, 9.17) is 9.47 Å². The lowest BCUT2D eigenvalue weighted by Gasteiger charge is -2.21. The number of ether oxygens (including phenoxy) is 2. The number of rotatable bonds is 3. The maximum absolute atomic E-state index is 12.1. The van der Waals surface area contributed by atoms with Crippen LogP contribution in [0.5, 0.6) is 0 Å². The van der Waals surface area contributed by atoms with Gasteiger partial charge in [-0.1, -0.05) is 30.3 Å². The summed E-state index contributed by atoms with van der Waals surface area (Å²) in [5.74, 6) is -1.05. The van der Waals surface area contributed by atoms with Crippen molar-refractivity contribution in [3.8, 4) is 0 Å². The summed E-state index contributed by atoms with van der Waals surface area (Å²) in [5, 5.41) is 9.42. The Kier molecular flexibility index (Phi) is 3.55. The maximum atomic E-state index is 12.1. The Morgan fingerprint density at radius 1 is 1.38 bits per heavy atom. The molecule has 0 aliphatic carbocycles. The molecular weight excluding hydrogens is 274 g/mol. The zero-order valence-corrected chi connectivity index (χ0v) is 11.5. The van der Waals surface area contributed by atoms with Crippen LogP contribution in [0.3, 0.4) is 0 Å². The zero-order chi connectivity index (χ0) is 14.9. The number of hydrogen-bond donors (Lipinski definition) is 1. The maximum Gasteiger partial charge on any atom is 0.410 e. The third kappa shape index (κ3) is 2.47. The molecule has 0 bridgehead atoms. The Morgan fingerprint density at radius 2 is 2.14 bits per heavy atom. The van der Waals surface area contributed by atoms with E-state index in [1.54, 1.807) is 0 Å². The average Bonchev–Trinajstić information content (AvgIpc) is 3.03. The summed E-state index contributed by atoms with van der Waals surface area (Å²) in [7, 11) is 0. The normalized spacial score (nSPS) is 27.4. The molecule has 2 fully saturated rings. The van der Waals surface area contributed by atoms with Crippen molar-refractivity contribution >= 4 is 12.1 Å². The molecule has 112 valence electrons. The molecule has 0 radical (unpaired) electrons. The zero-order valence-electron chi connectivity index (χ0n) is 11.5. The number of nitrogens with zero attached hydrogens (tertiary/aromatic N) is 1. The SMILES string of the molecule is O=C(OCc1ccccc1)N1C[C@@H]2COC[C@]2(C(=O)O)C1. The minimum Gasteiger partial charge on any atom is -0.481 e. The summed E-state index contributed by atoms with van der Waals surface area (Å²) in [6.45, 7) is 1.27. The molecule has 0 saturated carbocycles. The van der Waals surface area contributed by atoms with Gasteiger partial charge in [-0.3, -0.25) is 4.79 Å². The second-order valence-electron chi connectivity index (χ2n) is 5.59. The molecule has 0 aromatic heterocycles. The van der Waals surface area contributed by atoms with Gasteiger partial charge in [-0.25, -0.2) is 4.79 Å². The quantitative estimate of drug-likeness (QED) is 0.910. The van der Waals surface area contributed by atoms with Gasteiger partial charge in [0.1, 0.15) is 12.0 Å². The van der Waals surface area contributed by atoms with E-state index in [0.29, 0.717) is 13.2 Å². The monoisotopic (exact) mass is 291 g/mol. The van der Waals surface area contributed by atoms with Crippen LogP contribution < -0.4 is 0 Å². The molecule has 3 rings (SSSR count). The number of hydrogen-bond acceptors (Lipinski definition) is 4. The molecule has 2 aliphatic heterocycles. The number of amides is 1. The Balaban J connectivity index is 1.61. The molecule has 2 aliphatic rings.